The van der Waals surface area contributed by atoms with Gasteiger partial charge in [-0.25, -0.2) is 0 Å². The first-order chi connectivity index (χ1) is 18.4. The second-order valence-electron chi connectivity index (χ2n) is 11.3. The highest BCUT2D eigenvalue weighted by molar-refractivity contribution is 6.00. The standard InChI is InChI=1S/C35H36N2/c1-3-11-26(12-4-1)32-21-19-28-15-7-9-17-30(28)34(32)36-23-24-37(25-36)35-31-18-10-8-16-29(31)20-22-33(35)27-13-5-2-6-14-27/h7-10,15-24,26-27H,1-6,11-14H2. The third-order valence-electron chi connectivity index (χ3n) is 9.02. The fourth-order valence-electron chi connectivity index (χ4n) is 7.13. The maximum Gasteiger partial charge on any atom is 0.217 e. The van der Waals surface area contributed by atoms with E-state index in [4.69, 9.17) is 0 Å². The molecule has 2 fully saturated rings. The quantitative estimate of drug-likeness (QED) is 0.284. The summed E-state index contributed by atoms with van der Waals surface area (Å²) in [5.41, 5.74) is 5.62. The summed E-state index contributed by atoms with van der Waals surface area (Å²) in [4.78, 5) is 4.58. The Bertz CT molecular complexity index is 1330. The number of anilines is 2. The van der Waals surface area contributed by atoms with E-state index in [2.05, 4.69) is 102 Å². The molecular weight excluding hydrogens is 448 g/mol. The van der Waals surface area contributed by atoms with Crippen molar-refractivity contribution in [2.45, 2.75) is 76.0 Å². The molecule has 0 spiro atoms. The number of nitrogens with zero attached hydrogens (tertiary/aromatic N) is 2. The summed E-state index contributed by atoms with van der Waals surface area (Å²) < 4.78 is 0. The van der Waals surface area contributed by atoms with Crippen LogP contribution in [0.4, 0.5) is 11.4 Å². The van der Waals surface area contributed by atoms with E-state index in [-0.39, 0.29) is 0 Å². The number of hydrogen-bond donors (Lipinski definition) is 0. The lowest BCUT2D eigenvalue weighted by atomic mass is 9.82. The molecule has 0 aromatic heterocycles. The third kappa shape index (κ3) is 4.21. The van der Waals surface area contributed by atoms with Crippen molar-refractivity contribution in [3.05, 3.63) is 103 Å². The summed E-state index contributed by atoms with van der Waals surface area (Å²) >= 11 is 0. The molecule has 1 heterocycles. The van der Waals surface area contributed by atoms with E-state index in [0.717, 1.165) is 0 Å². The van der Waals surface area contributed by atoms with Crippen LogP contribution in [0.1, 0.15) is 87.2 Å². The number of fused-ring (bicyclic) bond motifs is 2. The van der Waals surface area contributed by atoms with Gasteiger partial charge in [-0.2, -0.15) is 0 Å². The van der Waals surface area contributed by atoms with Crippen LogP contribution in [0.25, 0.3) is 21.5 Å². The molecule has 2 radical (unpaired) electrons. The fourth-order valence-corrected chi connectivity index (χ4v) is 7.13. The third-order valence-corrected chi connectivity index (χ3v) is 9.02. The Morgan fingerprint density at radius 3 is 1.38 bits per heavy atom. The van der Waals surface area contributed by atoms with Gasteiger partial charge in [0.15, 0.2) is 0 Å². The Morgan fingerprint density at radius 2 is 0.919 bits per heavy atom. The summed E-state index contributed by atoms with van der Waals surface area (Å²) in [5, 5.41) is 5.27. The lowest BCUT2D eigenvalue weighted by molar-refractivity contribution is 0.444. The van der Waals surface area contributed by atoms with Crippen LogP contribution in [-0.2, 0) is 0 Å². The Hall–Kier alpha value is -3.26. The average Bonchev–Trinajstić information content (AvgIpc) is 3.46. The normalized spacial score (nSPS) is 19.4. The highest BCUT2D eigenvalue weighted by Gasteiger charge is 2.29. The molecule has 2 aliphatic carbocycles. The minimum absolute atomic E-state index is 0.632. The summed E-state index contributed by atoms with van der Waals surface area (Å²) in [6, 6.07) is 27.2. The fraction of sp³-hybridized carbons (Fsp3) is 0.343. The van der Waals surface area contributed by atoms with Crippen molar-refractivity contribution in [1.29, 1.82) is 0 Å². The molecule has 0 bridgehead atoms. The van der Waals surface area contributed by atoms with Crippen LogP contribution in [0, 0.1) is 6.67 Å². The SMILES string of the molecule is [C]1N(c2c(C3CCCCC3)ccc3ccccc23)C=CN1c1c(C2CCCCC2)ccc2ccccc12. The monoisotopic (exact) mass is 484 g/mol. The van der Waals surface area contributed by atoms with Crippen molar-refractivity contribution >= 4 is 32.9 Å². The number of rotatable bonds is 4. The van der Waals surface area contributed by atoms with Crippen molar-refractivity contribution in [2.24, 2.45) is 0 Å². The van der Waals surface area contributed by atoms with Gasteiger partial charge in [0.05, 0.1) is 11.4 Å². The highest BCUT2D eigenvalue weighted by atomic mass is 15.3. The van der Waals surface area contributed by atoms with Crippen LogP contribution in [0.2, 0.25) is 0 Å². The first kappa shape index (κ1) is 22.9. The van der Waals surface area contributed by atoms with Crippen LogP contribution in [0.15, 0.2) is 85.2 Å². The van der Waals surface area contributed by atoms with Gasteiger partial charge in [-0.3, -0.25) is 0 Å². The minimum Gasteiger partial charge on any atom is -0.314 e. The van der Waals surface area contributed by atoms with Crippen molar-refractivity contribution < 1.29 is 0 Å². The van der Waals surface area contributed by atoms with E-state index in [9.17, 15) is 0 Å². The second kappa shape index (κ2) is 9.89. The molecule has 2 nitrogen and oxygen atoms in total. The zero-order chi connectivity index (χ0) is 24.6. The highest BCUT2D eigenvalue weighted by Crippen LogP contribution is 2.46. The van der Waals surface area contributed by atoms with Crippen molar-refractivity contribution in [3.8, 4) is 0 Å². The summed E-state index contributed by atoms with van der Waals surface area (Å²) in [5.74, 6) is 1.26. The Balaban J connectivity index is 1.31. The minimum atomic E-state index is 0.632. The van der Waals surface area contributed by atoms with E-state index in [1.807, 2.05) is 0 Å². The van der Waals surface area contributed by atoms with E-state index in [1.54, 1.807) is 0 Å². The van der Waals surface area contributed by atoms with Crippen LogP contribution in [-0.4, -0.2) is 0 Å². The van der Waals surface area contributed by atoms with E-state index in [0.29, 0.717) is 11.8 Å². The Labute approximate surface area is 221 Å². The molecule has 2 saturated carbocycles. The first-order valence-corrected chi connectivity index (χ1v) is 14.4. The molecule has 2 heteroatoms. The van der Waals surface area contributed by atoms with Gasteiger partial charge in [0.2, 0.25) is 6.67 Å². The summed E-state index contributed by atoms with van der Waals surface area (Å²) in [7, 11) is 0. The predicted molar refractivity (Wildman–Crippen MR) is 157 cm³/mol. The predicted octanol–water partition coefficient (Wildman–Crippen LogP) is 9.88. The molecule has 0 saturated heterocycles. The van der Waals surface area contributed by atoms with E-state index in [1.165, 1.54) is 108 Å². The van der Waals surface area contributed by atoms with E-state index < -0.39 is 0 Å². The molecule has 1 aliphatic heterocycles. The molecule has 0 atom stereocenters. The van der Waals surface area contributed by atoms with Crippen LogP contribution >= 0.6 is 0 Å². The molecule has 37 heavy (non-hydrogen) atoms. The van der Waals surface area contributed by atoms with Gasteiger partial charge in [0, 0.05) is 23.2 Å². The largest absolute Gasteiger partial charge is 0.314 e. The number of benzene rings is 4. The smallest absolute Gasteiger partial charge is 0.217 e. The molecule has 0 N–H and O–H groups in total. The van der Waals surface area contributed by atoms with Crippen LogP contribution < -0.4 is 9.80 Å². The van der Waals surface area contributed by atoms with E-state index >= 15 is 0 Å². The zero-order valence-corrected chi connectivity index (χ0v) is 21.7. The van der Waals surface area contributed by atoms with Crippen molar-refractivity contribution in [2.75, 3.05) is 9.80 Å². The lowest BCUT2D eigenvalue weighted by Crippen LogP contribution is -2.22. The molecule has 7 rings (SSSR count). The lowest BCUT2D eigenvalue weighted by Gasteiger charge is -2.31. The molecule has 4 aromatic carbocycles. The van der Waals surface area contributed by atoms with Gasteiger partial charge in [0.25, 0.3) is 0 Å². The molecule has 4 aromatic rings. The number of hydrogen-bond acceptors (Lipinski definition) is 2. The second-order valence-corrected chi connectivity index (χ2v) is 11.3. The maximum absolute atomic E-state index is 3.82. The summed E-state index contributed by atoms with van der Waals surface area (Å²) in [6.45, 7) is 3.82. The van der Waals surface area contributed by atoms with Crippen LogP contribution in [0.5, 0.6) is 0 Å². The van der Waals surface area contributed by atoms with Gasteiger partial charge in [0.1, 0.15) is 0 Å². The maximum atomic E-state index is 3.82. The van der Waals surface area contributed by atoms with Crippen molar-refractivity contribution in [3.63, 3.8) is 0 Å². The molecule has 186 valence electrons. The van der Waals surface area contributed by atoms with Gasteiger partial charge in [-0.15, -0.1) is 0 Å². The molecular formula is C35H36N2. The first-order valence-electron chi connectivity index (χ1n) is 14.4. The average molecular weight is 485 g/mol. The Kier molecular flexibility index (Phi) is 6.12. The molecule has 0 unspecified atom stereocenters. The zero-order valence-electron chi connectivity index (χ0n) is 21.7. The van der Waals surface area contributed by atoms with Gasteiger partial charge >= 0.3 is 0 Å². The van der Waals surface area contributed by atoms with Crippen molar-refractivity contribution in [1.82, 2.24) is 0 Å². The molecule has 0 amide bonds. The van der Waals surface area contributed by atoms with Crippen LogP contribution in [0.3, 0.4) is 0 Å². The summed E-state index contributed by atoms with van der Waals surface area (Å²) in [6.07, 6.45) is 17.8. The van der Waals surface area contributed by atoms with Gasteiger partial charge in [-0.05, 0) is 59.4 Å². The molecule has 3 aliphatic rings. The Morgan fingerprint density at radius 1 is 0.486 bits per heavy atom. The topological polar surface area (TPSA) is 6.48 Å². The van der Waals surface area contributed by atoms with Gasteiger partial charge in [-0.1, -0.05) is 111 Å². The van der Waals surface area contributed by atoms with Gasteiger partial charge < -0.3 is 9.80 Å².